The molecular formula is C24H25N5O6S2. The minimum absolute atomic E-state index is 0.0208. The number of carbonyl (C=O) groups excluding carboxylic acids is 1. The first-order chi connectivity index (χ1) is 17.5. The van der Waals surface area contributed by atoms with E-state index in [1.54, 1.807) is 41.9 Å². The van der Waals surface area contributed by atoms with E-state index in [1.165, 1.54) is 18.4 Å². The standard InChI is InChI=1S/C24H25N5O6S2/c1-15-22-19(24(30)26-10-8-16-4-6-18(7-5-16)37(25,33)34)13-20(21-3-2-11-35-21)27-23(22)29(28-15)17-9-12-36(31,32)14-17/h2-7,11,13,17H,8-10,12,14H2,1H3,(H,26,30)(H2,25,33,34). The molecule has 3 aromatic heterocycles. The van der Waals surface area contributed by atoms with Gasteiger partial charge in [0.05, 0.1) is 45.3 Å². The number of rotatable bonds is 7. The Kier molecular flexibility index (Phi) is 6.38. The number of furan rings is 1. The molecule has 1 amide bonds. The average molecular weight is 544 g/mol. The number of hydrogen-bond acceptors (Lipinski definition) is 8. The predicted octanol–water partition coefficient (Wildman–Crippen LogP) is 1.98. The number of amides is 1. The number of benzene rings is 1. The normalized spacial score (nSPS) is 17.3. The number of sulfone groups is 1. The molecule has 0 spiro atoms. The molecule has 13 heteroatoms. The average Bonchev–Trinajstić information content (AvgIpc) is 3.57. The largest absolute Gasteiger partial charge is 0.463 e. The Labute approximate surface area is 213 Å². The van der Waals surface area contributed by atoms with E-state index in [0.717, 1.165) is 5.56 Å². The van der Waals surface area contributed by atoms with Crippen LogP contribution in [0.2, 0.25) is 0 Å². The van der Waals surface area contributed by atoms with Crippen LogP contribution in [0.4, 0.5) is 0 Å². The molecule has 4 heterocycles. The van der Waals surface area contributed by atoms with Crippen molar-refractivity contribution in [1.82, 2.24) is 20.1 Å². The second-order valence-corrected chi connectivity index (χ2v) is 12.8. The summed E-state index contributed by atoms with van der Waals surface area (Å²) in [5.41, 5.74) is 2.61. The molecule has 1 aliphatic heterocycles. The Balaban J connectivity index is 1.45. The first-order valence-electron chi connectivity index (χ1n) is 11.6. The van der Waals surface area contributed by atoms with E-state index >= 15 is 0 Å². The van der Waals surface area contributed by atoms with Gasteiger partial charge in [-0.15, -0.1) is 0 Å². The Bertz CT molecular complexity index is 1690. The molecule has 0 bridgehead atoms. The quantitative estimate of drug-likeness (QED) is 0.357. The summed E-state index contributed by atoms with van der Waals surface area (Å²) in [5, 5.41) is 13.2. The van der Waals surface area contributed by atoms with Crippen LogP contribution in [-0.4, -0.2) is 55.6 Å². The topological polar surface area (TPSA) is 167 Å². The Hall–Kier alpha value is -3.55. The molecule has 37 heavy (non-hydrogen) atoms. The highest BCUT2D eigenvalue weighted by Crippen LogP contribution is 2.32. The molecule has 4 aromatic rings. The summed E-state index contributed by atoms with van der Waals surface area (Å²) in [6.07, 6.45) is 2.40. The van der Waals surface area contributed by atoms with Crippen molar-refractivity contribution in [2.24, 2.45) is 5.14 Å². The van der Waals surface area contributed by atoms with Gasteiger partial charge in [0, 0.05) is 6.54 Å². The Morgan fingerprint density at radius 3 is 2.62 bits per heavy atom. The van der Waals surface area contributed by atoms with Gasteiger partial charge in [-0.2, -0.15) is 5.10 Å². The summed E-state index contributed by atoms with van der Waals surface area (Å²) < 4.78 is 54.2. The fourth-order valence-electron chi connectivity index (χ4n) is 4.53. The van der Waals surface area contributed by atoms with Gasteiger partial charge in [0.1, 0.15) is 5.69 Å². The lowest BCUT2D eigenvalue weighted by Crippen LogP contribution is -2.26. The SMILES string of the molecule is Cc1nn(C2CCS(=O)(=O)C2)c2nc(-c3ccco3)cc(C(=O)NCCc3ccc(S(N)(=O)=O)cc3)c12. The highest BCUT2D eigenvalue weighted by atomic mass is 32.2. The monoisotopic (exact) mass is 543 g/mol. The molecule has 3 N–H and O–H groups in total. The molecule has 11 nitrogen and oxygen atoms in total. The molecule has 1 atom stereocenters. The highest BCUT2D eigenvalue weighted by Gasteiger charge is 2.32. The van der Waals surface area contributed by atoms with E-state index in [4.69, 9.17) is 14.5 Å². The van der Waals surface area contributed by atoms with Crippen LogP contribution in [0.5, 0.6) is 0 Å². The summed E-state index contributed by atoms with van der Waals surface area (Å²) in [7, 11) is -6.93. The number of nitrogens with two attached hydrogens (primary N) is 1. The zero-order chi connectivity index (χ0) is 26.4. The van der Waals surface area contributed by atoms with Gasteiger partial charge < -0.3 is 9.73 Å². The Morgan fingerprint density at radius 2 is 2.00 bits per heavy atom. The van der Waals surface area contributed by atoms with E-state index in [-0.39, 0.29) is 28.4 Å². The number of nitrogens with one attached hydrogen (secondary N) is 1. The molecule has 1 unspecified atom stereocenters. The summed E-state index contributed by atoms with van der Waals surface area (Å²) in [6.45, 7) is 2.06. The van der Waals surface area contributed by atoms with Crippen molar-refractivity contribution in [3.8, 4) is 11.5 Å². The van der Waals surface area contributed by atoms with Gasteiger partial charge in [-0.25, -0.2) is 31.6 Å². The summed E-state index contributed by atoms with van der Waals surface area (Å²) >= 11 is 0. The smallest absolute Gasteiger partial charge is 0.252 e. The number of carbonyl (C=O) groups is 1. The molecular weight excluding hydrogens is 518 g/mol. The van der Waals surface area contributed by atoms with Crippen molar-refractivity contribution in [1.29, 1.82) is 0 Å². The molecule has 1 aliphatic rings. The van der Waals surface area contributed by atoms with E-state index in [1.807, 2.05) is 0 Å². The number of sulfonamides is 1. The first kappa shape index (κ1) is 25.1. The molecule has 0 aliphatic carbocycles. The maximum absolute atomic E-state index is 13.3. The predicted molar refractivity (Wildman–Crippen MR) is 136 cm³/mol. The van der Waals surface area contributed by atoms with Crippen LogP contribution in [0.3, 0.4) is 0 Å². The van der Waals surface area contributed by atoms with Crippen LogP contribution in [-0.2, 0) is 26.3 Å². The summed E-state index contributed by atoms with van der Waals surface area (Å²) in [5.74, 6) is 0.182. The number of hydrogen-bond donors (Lipinski definition) is 2. The van der Waals surface area contributed by atoms with Crippen LogP contribution in [0.1, 0.15) is 34.1 Å². The van der Waals surface area contributed by atoms with Gasteiger partial charge in [-0.3, -0.25) is 4.79 Å². The number of primary sulfonamides is 1. The van der Waals surface area contributed by atoms with Crippen molar-refractivity contribution < 1.29 is 26.0 Å². The van der Waals surface area contributed by atoms with Crippen molar-refractivity contribution in [3.05, 3.63) is 65.5 Å². The highest BCUT2D eigenvalue weighted by molar-refractivity contribution is 7.91. The molecule has 0 radical (unpaired) electrons. The van der Waals surface area contributed by atoms with Crippen molar-refractivity contribution >= 4 is 36.8 Å². The van der Waals surface area contributed by atoms with Crippen LogP contribution < -0.4 is 10.5 Å². The van der Waals surface area contributed by atoms with Gasteiger partial charge in [-0.1, -0.05) is 12.1 Å². The fraction of sp³-hybridized carbons (Fsp3) is 0.292. The second kappa shape index (κ2) is 9.39. The van der Waals surface area contributed by atoms with Crippen LogP contribution in [0.25, 0.3) is 22.5 Å². The number of pyridine rings is 1. The van der Waals surface area contributed by atoms with E-state index in [0.29, 0.717) is 53.1 Å². The first-order valence-corrected chi connectivity index (χ1v) is 14.9. The summed E-state index contributed by atoms with van der Waals surface area (Å²) in [4.78, 5) is 18.1. The lowest BCUT2D eigenvalue weighted by molar-refractivity contribution is 0.0955. The van der Waals surface area contributed by atoms with E-state index in [2.05, 4.69) is 10.4 Å². The number of aryl methyl sites for hydroxylation is 1. The maximum Gasteiger partial charge on any atom is 0.252 e. The minimum atomic E-state index is -3.77. The van der Waals surface area contributed by atoms with Gasteiger partial charge in [0.25, 0.3) is 5.91 Å². The zero-order valence-corrected chi connectivity index (χ0v) is 21.5. The third-order valence-corrected chi connectivity index (χ3v) is 9.04. The summed E-state index contributed by atoms with van der Waals surface area (Å²) in [6, 6.07) is 10.9. The van der Waals surface area contributed by atoms with Gasteiger partial charge in [0.15, 0.2) is 21.2 Å². The minimum Gasteiger partial charge on any atom is -0.463 e. The molecule has 1 aromatic carbocycles. The van der Waals surface area contributed by atoms with E-state index in [9.17, 15) is 21.6 Å². The van der Waals surface area contributed by atoms with E-state index < -0.39 is 19.9 Å². The van der Waals surface area contributed by atoms with Crippen LogP contribution in [0.15, 0.2) is 58.0 Å². The van der Waals surface area contributed by atoms with Crippen molar-refractivity contribution in [3.63, 3.8) is 0 Å². The van der Waals surface area contributed by atoms with Crippen LogP contribution >= 0.6 is 0 Å². The molecule has 1 fully saturated rings. The van der Waals surface area contributed by atoms with Gasteiger partial charge in [-0.05, 0) is 55.7 Å². The number of fused-ring (bicyclic) bond motifs is 1. The Morgan fingerprint density at radius 1 is 1.24 bits per heavy atom. The lowest BCUT2D eigenvalue weighted by Gasteiger charge is -2.12. The second-order valence-electron chi connectivity index (χ2n) is 9.01. The van der Waals surface area contributed by atoms with Gasteiger partial charge >= 0.3 is 0 Å². The number of nitrogens with zero attached hydrogens (tertiary/aromatic N) is 3. The van der Waals surface area contributed by atoms with Crippen molar-refractivity contribution in [2.45, 2.75) is 30.7 Å². The van der Waals surface area contributed by atoms with Crippen molar-refractivity contribution in [2.75, 3.05) is 18.1 Å². The van der Waals surface area contributed by atoms with Crippen LogP contribution in [0, 0.1) is 6.92 Å². The molecule has 5 rings (SSSR count). The zero-order valence-electron chi connectivity index (χ0n) is 19.9. The third-order valence-electron chi connectivity index (χ3n) is 6.36. The molecule has 1 saturated heterocycles. The fourth-order valence-corrected chi connectivity index (χ4v) is 6.73. The maximum atomic E-state index is 13.3. The number of aromatic nitrogens is 3. The molecule has 0 saturated carbocycles. The van der Waals surface area contributed by atoms with Gasteiger partial charge in [0.2, 0.25) is 10.0 Å². The lowest BCUT2D eigenvalue weighted by atomic mass is 10.1. The molecule has 194 valence electrons. The third kappa shape index (κ3) is 5.15.